The Hall–Kier alpha value is 0.177. The highest BCUT2D eigenvalue weighted by Gasteiger charge is 2.11. The van der Waals surface area contributed by atoms with Crippen LogP contribution in [0.15, 0.2) is 0 Å². The topological polar surface area (TPSA) is 12.0 Å². The van der Waals surface area contributed by atoms with Gasteiger partial charge in [-0.2, -0.15) is 0 Å². The van der Waals surface area contributed by atoms with Gasteiger partial charge in [0.05, 0.1) is 0 Å². The molecule has 0 rings (SSSR count). The molecule has 0 saturated heterocycles. The molecule has 0 radical (unpaired) electrons. The number of nitrogens with one attached hydrogen (secondary N) is 1. The van der Waals surface area contributed by atoms with Gasteiger partial charge in [-0.05, 0) is 18.1 Å². The van der Waals surface area contributed by atoms with Crippen LogP contribution in [0.1, 0.15) is 79.1 Å². The Bertz CT molecular complexity index is 136. The van der Waals surface area contributed by atoms with E-state index in [1.54, 1.807) is 0 Å². The van der Waals surface area contributed by atoms with E-state index < -0.39 is 8.96 Å². The van der Waals surface area contributed by atoms with Gasteiger partial charge < -0.3 is 4.98 Å². The number of rotatable bonds is 12. The second-order valence-corrected chi connectivity index (χ2v) is 8.60. The first-order chi connectivity index (χ1) is 8.20. The highest BCUT2D eigenvalue weighted by atomic mass is 28.3. The van der Waals surface area contributed by atoms with Gasteiger partial charge >= 0.3 is 0 Å². The Balaban J connectivity index is 3.64. The van der Waals surface area contributed by atoms with E-state index in [0.29, 0.717) is 6.04 Å². The summed E-state index contributed by atoms with van der Waals surface area (Å²) in [6, 6.07) is 3.73. The normalized spacial score (nSPS) is 11.6. The molecule has 104 valence electrons. The van der Waals surface area contributed by atoms with Crippen LogP contribution in [0.25, 0.3) is 0 Å². The summed E-state index contributed by atoms with van der Waals surface area (Å²) in [6.45, 7) is 9.20. The van der Waals surface area contributed by atoms with Crippen LogP contribution in [-0.4, -0.2) is 15.0 Å². The number of hydrogen-bond acceptors (Lipinski definition) is 1. The summed E-state index contributed by atoms with van der Waals surface area (Å²) in [5.74, 6) is 0. The predicted molar refractivity (Wildman–Crippen MR) is 83.3 cm³/mol. The maximum Gasteiger partial charge on any atom is 0.109 e. The van der Waals surface area contributed by atoms with Crippen LogP contribution in [0.2, 0.25) is 12.1 Å². The highest BCUT2D eigenvalue weighted by Crippen LogP contribution is 2.12. The van der Waals surface area contributed by atoms with E-state index in [1.807, 2.05) is 0 Å². The van der Waals surface area contributed by atoms with Gasteiger partial charge in [-0.3, -0.25) is 0 Å². The number of unbranched alkanes of at least 4 members (excludes halogenated alkanes) is 6. The van der Waals surface area contributed by atoms with E-state index in [2.05, 4.69) is 32.7 Å². The molecule has 0 aliphatic rings. The minimum atomic E-state index is -0.627. The fourth-order valence-electron chi connectivity index (χ4n) is 2.42. The first-order valence-corrected chi connectivity index (χ1v) is 10.2. The van der Waals surface area contributed by atoms with Gasteiger partial charge in [-0.1, -0.05) is 79.1 Å². The summed E-state index contributed by atoms with van der Waals surface area (Å²) < 4.78 is 0. The van der Waals surface area contributed by atoms with Crippen molar-refractivity contribution in [3.63, 3.8) is 0 Å². The molecule has 0 atom stereocenters. The van der Waals surface area contributed by atoms with Gasteiger partial charge in [0.15, 0.2) is 0 Å². The van der Waals surface area contributed by atoms with E-state index >= 15 is 0 Å². The molecule has 0 amide bonds. The molecule has 0 unspecified atom stereocenters. The van der Waals surface area contributed by atoms with E-state index in [0.717, 1.165) is 0 Å². The van der Waals surface area contributed by atoms with Crippen LogP contribution in [0.3, 0.4) is 0 Å². The van der Waals surface area contributed by atoms with Crippen LogP contribution in [-0.2, 0) is 0 Å². The van der Waals surface area contributed by atoms with Gasteiger partial charge in [-0.15, -0.1) is 0 Å². The Labute approximate surface area is 111 Å². The molecule has 0 aliphatic carbocycles. The lowest BCUT2D eigenvalue weighted by molar-refractivity contribution is 0.665. The molecule has 0 aromatic heterocycles. The smallest absolute Gasteiger partial charge is 0.109 e. The van der Waals surface area contributed by atoms with Crippen molar-refractivity contribution in [2.45, 2.75) is 97.2 Å². The molecule has 1 nitrogen and oxygen atoms in total. The van der Waals surface area contributed by atoms with Gasteiger partial charge in [-0.25, -0.2) is 0 Å². The molecule has 0 aliphatic heterocycles. The zero-order valence-electron chi connectivity index (χ0n) is 12.7. The van der Waals surface area contributed by atoms with Crippen LogP contribution >= 0.6 is 0 Å². The van der Waals surface area contributed by atoms with Crippen molar-refractivity contribution in [3.8, 4) is 0 Å². The Morgan fingerprint density at radius 3 is 1.59 bits per heavy atom. The monoisotopic (exact) mass is 257 g/mol. The first-order valence-electron chi connectivity index (χ1n) is 7.96. The van der Waals surface area contributed by atoms with Crippen LogP contribution in [0, 0.1) is 0 Å². The lowest BCUT2D eigenvalue weighted by Gasteiger charge is -2.19. The summed E-state index contributed by atoms with van der Waals surface area (Å²) in [5.41, 5.74) is 0. The van der Waals surface area contributed by atoms with Crippen LogP contribution in [0.5, 0.6) is 0 Å². The summed E-state index contributed by atoms with van der Waals surface area (Å²) in [6.07, 6.45) is 11.4. The SMILES string of the molecule is CCCCCC[SiH](CCCCCC)NC(C)C. The molecule has 0 spiro atoms. The minimum absolute atomic E-state index is 0.627. The van der Waals surface area contributed by atoms with Crippen molar-refractivity contribution < 1.29 is 0 Å². The van der Waals surface area contributed by atoms with E-state index in [9.17, 15) is 0 Å². The molecule has 2 heteroatoms. The zero-order chi connectivity index (χ0) is 12.9. The molecule has 17 heavy (non-hydrogen) atoms. The predicted octanol–water partition coefficient (Wildman–Crippen LogP) is 4.87. The van der Waals surface area contributed by atoms with Crippen molar-refractivity contribution in [2.75, 3.05) is 0 Å². The Morgan fingerprint density at radius 2 is 1.24 bits per heavy atom. The van der Waals surface area contributed by atoms with Crippen LogP contribution < -0.4 is 4.98 Å². The van der Waals surface area contributed by atoms with E-state index in [-0.39, 0.29) is 0 Å². The third-order valence-electron chi connectivity index (χ3n) is 3.38. The quantitative estimate of drug-likeness (QED) is 0.388. The fourth-order valence-corrected chi connectivity index (χ4v) is 5.55. The van der Waals surface area contributed by atoms with Crippen molar-refractivity contribution in [1.29, 1.82) is 0 Å². The van der Waals surface area contributed by atoms with Crippen molar-refractivity contribution in [3.05, 3.63) is 0 Å². The fraction of sp³-hybridized carbons (Fsp3) is 1.00. The average Bonchev–Trinajstić information content (AvgIpc) is 2.29. The molecule has 0 heterocycles. The van der Waals surface area contributed by atoms with Gasteiger partial charge in [0.25, 0.3) is 0 Å². The molecular weight excluding hydrogens is 222 g/mol. The van der Waals surface area contributed by atoms with E-state index in [1.165, 1.54) is 63.5 Å². The third kappa shape index (κ3) is 12.4. The molecule has 0 aromatic rings. The molecular formula is C15H35NSi. The van der Waals surface area contributed by atoms with Gasteiger partial charge in [0.1, 0.15) is 8.96 Å². The second kappa shape index (κ2) is 12.6. The maximum atomic E-state index is 3.87. The Kier molecular flexibility index (Phi) is 12.8. The second-order valence-electron chi connectivity index (χ2n) is 5.72. The summed E-state index contributed by atoms with van der Waals surface area (Å²) in [4.78, 5) is 3.87. The van der Waals surface area contributed by atoms with Crippen molar-refractivity contribution in [1.82, 2.24) is 4.98 Å². The van der Waals surface area contributed by atoms with Crippen LogP contribution in [0.4, 0.5) is 0 Å². The largest absolute Gasteiger partial charge is 0.337 e. The summed E-state index contributed by atoms with van der Waals surface area (Å²) in [5, 5.41) is 0. The maximum absolute atomic E-state index is 3.87. The highest BCUT2D eigenvalue weighted by molar-refractivity contribution is 6.56. The molecule has 0 saturated carbocycles. The molecule has 1 N–H and O–H groups in total. The lowest BCUT2D eigenvalue weighted by Crippen LogP contribution is -2.38. The molecule has 0 bridgehead atoms. The standard InChI is InChI=1S/C15H35NSi/c1-5-7-9-11-13-17(16-15(3)4)14-12-10-8-6-2/h15-17H,5-14H2,1-4H3. The Morgan fingerprint density at radius 1 is 0.765 bits per heavy atom. The first kappa shape index (κ1) is 17.2. The van der Waals surface area contributed by atoms with Gasteiger partial charge in [0.2, 0.25) is 0 Å². The molecule has 0 aromatic carbocycles. The van der Waals surface area contributed by atoms with Crippen molar-refractivity contribution in [2.24, 2.45) is 0 Å². The van der Waals surface area contributed by atoms with E-state index in [4.69, 9.17) is 0 Å². The third-order valence-corrected chi connectivity index (χ3v) is 6.73. The van der Waals surface area contributed by atoms with Crippen molar-refractivity contribution >= 4 is 8.96 Å². The molecule has 0 fully saturated rings. The summed E-state index contributed by atoms with van der Waals surface area (Å²) >= 11 is 0. The average molecular weight is 258 g/mol. The summed E-state index contributed by atoms with van der Waals surface area (Å²) in [7, 11) is -0.627. The lowest BCUT2D eigenvalue weighted by atomic mass is 10.2. The minimum Gasteiger partial charge on any atom is -0.337 e. The number of hydrogen-bond donors (Lipinski definition) is 1. The van der Waals surface area contributed by atoms with Gasteiger partial charge in [0, 0.05) is 0 Å². The zero-order valence-corrected chi connectivity index (χ0v) is 13.9.